The van der Waals surface area contributed by atoms with Crippen molar-refractivity contribution in [3.8, 4) is 0 Å². The molecule has 0 saturated heterocycles. The van der Waals surface area contributed by atoms with E-state index in [2.05, 4.69) is 24.4 Å². The fourth-order valence-electron chi connectivity index (χ4n) is 1.16. The van der Waals surface area contributed by atoms with Gasteiger partial charge in [0.2, 0.25) is 0 Å². The van der Waals surface area contributed by atoms with Crippen LogP contribution < -0.4 is 5.32 Å². The fraction of sp³-hybridized carbons (Fsp3) is 0.250. The minimum absolute atomic E-state index is 1.00. The molecule has 2 heterocycles. The summed E-state index contributed by atoms with van der Waals surface area (Å²) in [4.78, 5) is 2.86. The van der Waals surface area contributed by atoms with Crippen molar-refractivity contribution in [2.24, 2.45) is 0 Å². The van der Waals surface area contributed by atoms with Gasteiger partial charge in [-0.25, -0.2) is 0 Å². The monoisotopic (exact) mass is 151 g/mol. The third-order valence-corrected chi connectivity index (χ3v) is 2.67. The van der Waals surface area contributed by atoms with Crippen LogP contribution in [0.25, 0.3) is 6.08 Å². The van der Waals surface area contributed by atoms with Crippen LogP contribution in [0.1, 0.15) is 15.3 Å². The van der Waals surface area contributed by atoms with Crippen molar-refractivity contribution in [3.05, 3.63) is 27.6 Å². The molecule has 2 heteroatoms. The third kappa shape index (κ3) is 0.847. The lowest BCUT2D eigenvalue weighted by Gasteiger charge is -2.04. The van der Waals surface area contributed by atoms with Crippen LogP contribution in [0.15, 0.2) is 12.3 Å². The zero-order valence-electron chi connectivity index (χ0n) is 5.85. The van der Waals surface area contributed by atoms with Gasteiger partial charge in [0, 0.05) is 16.3 Å². The maximum atomic E-state index is 3.18. The molecule has 10 heavy (non-hydrogen) atoms. The van der Waals surface area contributed by atoms with E-state index in [9.17, 15) is 0 Å². The van der Waals surface area contributed by atoms with E-state index in [0.29, 0.717) is 0 Å². The van der Waals surface area contributed by atoms with Crippen molar-refractivity contribution < 1.29 is 0 Å². The van der Waals surface area contributed by atoms with Crippen LogP contribution in [0.5, 0.6) is 0 Å². The van der Waals surface area contributed by atoms with E-state index in [1.807, 2.05) is 17.5 Å². The Balaban J connectivity index is 2.53. The molecule has 0 bridgehead atoms. The van der Waals surface area contributed by atoms with Gasteiger partial charge in [-0.3, -0.25) is 0 Å². The Bertz CT molecular complexity index is 273. The fourth-order valence-corrected chi connectivity index (χ4v) is 2.14. The van der Waals surface area contributed by atoms with Crippen molar-refractivity contribution in [3.63, 3.8) is 0 Å². The maximum Gasteiger partial charge on any atom is 0.0494 e. The number of nitrogens with one attached hydrogen (secondary N) is 1. The first kappa shape index (κ1) is 5.98. The second-order valence-electron chi connectivity index (χ2n) is 2.45. The average Bonchev–Trinajstić information content (AvgIpc) is 2.27. The summed E-state index contributed by atoms with van der Waals surface area (Å²) >= 11 is 1.88. The standard InChI is InChI=1S/C8H9NS/c1-6-4-7-2-3-9-5-8(7)10-6/h2-4,9H,5H2,1H3. The summed E-state index contributed by atoms with van der Waals surface area (Å²) in [5.74, 6) is 0. The lowest BCUT2D eigenvalue weighted by atomic mass is 10.2. The van der Waals surface area contributed by atoms with Crippen molar-refractivity contribution in [2.75, 3.05) is 0 Å². The molecule has 1 nitrogen and oxygen atoms in total. The summed E-state index contributed by atoms with van der Waals surface area (Å²) in [6.45, 7) is 3.15. The summed E-state index contributed by atoms with van der Waals surface area (Å²) in [6.07, 6.45) is 4.14. The number of aryl methyl sites for hydroxylation is 1. The highest BCUT2D eigenvalue weighted by atomic mass is 32.1. The van der Waals surface area contributed by atoms with Crippen molar-refractivity contribution in [2.45, 2.75) is 13.5 Å². The molecule has 0 saturated carbocycles. The van der Waals surface area contributed by atoms with Gasteiger partial charge in [0.25, 0.3) is 0 Å². The Kier molecular flexibility index (Phi) is 1.27. The first-order valence-corrected chi connectivity index (χ1v) is 4.17. The molecule has 2 rings (SSSR count). The molecule has 0 aliphatic carbocycles. The Labute approximate surface area is 64.4 Å². The Hall–Kier alpha value is -0.760. The Morgan fingerprint density at radius 1 is 1.60 bits per heavy atom. The van der Waals surface area contributed by atoms with Gasteiger partial charge in [0.15, 0.2) is 0 Å². The van der Waals surface area contributed by atoms with Gasteiger partial charge in [-0.2, -0.15) is 0 Å². The molecule has 1 N–H and O–H groups in total. The van der Waals surface area contributed by atoms with Crippen LogP contribution in [0.4, 0.5) is 0 Å². The number of rotatable bonds is 0. The molecule has 1 aromatic heterocycles. The van der Waals surface area contributed by atoms with Crippen LogP contribution >= 0.6 is 11.3 Å². The maximum absolute atomic E-state index is 3.18. The minimum Gasteiger partial charge on any atom is -0.386 e. The molecule has 0 fully saturated rings. The van der Waals surface area contributed by atoms with Gasteiger partial charge in [0.1, 0.15) is 0 Å². The SMILES string of the molecule is Cc1cc2c(s1)CNC=C2. The largest absolute Gasteiger partial charge is 0.386 e. The lowest BCUT2D eigenvalue weighted by Crippen LogP contribution is -2.06. The molecular formula is C8H9NS. The van der Waals surface area contributed by atoms with Gasteiger partial charge < -0.3 is 5.32 Å². The Morgan fingerprint density at radius 3 is 3.30 bits per heavy atom. The van der Waals surface area contributed by atoms with Crippen molar-refractivity contribution >= 4 is 17.4 Å². The zero-order valence-corrected chi connectivity index (χ0v) is 6.66. The molecule has 1 aromatic rings. The number of thiophene rings is 1. The number of hydrogen-bond donors (Lipinski definition) is 1. The second kappa shape index (κ2) is 2.13. The highest BCUT2D eigenvalue weighted by Gasteiger charge is 2.05. The molecule has 0 atom stereocenters. The van der Waals surface area contributed by atoms with E-state index in [1.54, 1.807) is 0 Å². The van der Waals surface area contributed by atoms with Gasteiger partial charge in [-0.1, -0.05) is 0 Å². The molecule has 0 unspecified atom stereocenters. The summed E-state index contributed by atoms with van der Waals surface area (Å²) < 4.78 is 0. The summed E-state index contributed by atoms with van der Waals surface area (Å²) in [5.41, 5.74) is 1.39. The molecule has 0 spiro atoms. The number of hydrogen-bond acceptors (Lipinski definition) is 2. The molecule has 0 radical (unpaired) electrons. The highest BCUT2D eigenvalue weighted by molar-refractivity contribution is 7.12. The molecule has 0 aromatic carbocycles. The highest BCUT2D eigenvalue weighted by Crippen LogP contribution is 2.24. The predicted molar refractivity (Wildman–Crippen MR) is 44.9 cm³/mol. The predicted octanol–water partition coefficient (Wildman–Crippen LogP) is 2.13. The average molecular weight is 151 g/mol. The smallest absolute Gasteiger partial charge is 0.0494 e. The van der Waals surface area contributed by atoms with Crippen LogP contribution in [0, 0.1) is 6.92 Å². The van der Waals surface area contributed by atoms with Crippen LogP contribution in [-0.4, -0.2) is 0 Å². The van der Waals surface area contributed by atoms with Crippen LogP contribution in [-0.2, 0) is 6.54 Å². The normalized spacial score (nSPS) is 14.5. The van der Waals surface area contributed by atoms with Crippen LogP contribution in [0.2, 0.25) is 0 Å². The summed E-state index contributed by atoms with van der Waals surface area (Å²) in [7, 11) is 0. The van der Waals surface area contributed by atoms with Gasteiger partial charge in [-0.15, -0.1) is 11.3 Å². The molecule has 1 aliphatic rings. The van der Waals surface area contributed by atoms with Crippen molar-refractivity contribution in [1.82, 2.24) is 5.32 Å². The van der Waals surface area contributed by atoms with E-state index in [4.69, 9.17) is 0 Å². The molecule has 1 aliphatic heterocycles. The zero-order chi connectivity index (χ0) is 6.97. The van der Waals surface area contributed by atoms with Gasteiger partial charge in [-0.05, 0) is 30.8 Å². The summed E-state index contributed by atoms with van der Waals surface area (Å²) in [6, 6.07) is 2.23. The lowest BCUT2D eigenvalue weighted by molar-refractivity contribution is 0.877. The molecular weight excluding hydrogens is 142 g/mol. The topological polar surface area (TPSA) is 12.0 Å². The first-order chi connectivity index (χ1) is 4.86. The summed E-state index contributed by atoms with van der Waals surface area (Å²) in [5, 5.41) is 3.18. The van der Waals surface area contributed by atoms with E-state index in [-0.39, 0.29) is 0 Å². The van der Waals surface area contributed by atoms with E-state index < -0.39 is 0 Å². The van der Waals surface area contributed by atoms with Crippen molar-refractivity contribution in [1.29, 1.82) is 0 Å². The van der Waals surface area contributed by atoms with Gasteiger partial charge in [0.05, 0.1) is 0 Å². The molecule has 52 valence electrons. The quantitative estimate of drug-likeness (QED) is 0.599. The first-order valence-electron chi connectivity index (χ1n) is 3.35. The second-order valence-corrected chi connectivity index (χ2v) is 3.79. The number of fused-ring (bicyclic) bond motifs is 1. The van der Waals surface area contributed by atoms with Gasteiger partial charge >= 0.3 is 0 Å². The third-order valence-electron chi connectivity index (χ3n) is 1.61. The van der Waals surface area contributed by atoms with E-state index in [1.165, 1.54) is 15.3 Å². The van der Waals surface area contributed by atoms with E-state index in [0.717, 1.165) is 6.54 Å². The Morgan fingerprint density at radius 2 is 2.50 bits per heavy atom. The van der Waals surface area contributed by atoms with Crippen LogP contribution in [0.3, 0.4) is 0 Å². The molecule has 0 amide bonds. The minimum atomic E-state index is 1.00. The van der Waals surface area contributed by atoms with E-state index >= 15 is 0 Å².